The normalized spacial score (nSPS) is 20.6. The number of piperidine rings is 1. The summed E-state index contributed by atoms with van der Waals surface area (Å²) in [5.74, 6) is 2.80. The van der Waals surface area contributed by atoms with Crippen molar-refractivity contribution in [3.05, 3.63) is 95.6 Å². The van der Waals surface area contributed by atoms with Gasteiger partial charge in [0.1, 0.15) is 0 Å². The summed E-state index contributed by atoms with van der Waals surface area (Å²) >= 11 is 0. The van der Waals surface area contributed by atoms with E-state index < -0.39 is 0 Å². The van der Waals surface area contributed by atoms with Crippen LogP contribution in [0.25, 0.3) is 0 Å². The number of rotatable bonds is 8. The van der Waals surface area contributed by atoms with E-state index in [-0.39, 0.29) is 5.91 Å². The second kappa shape index (κ2) is 11.8. The van der Waals surface area contributed by atoms with Crippen LogP contribution in [0.4, 0.5) is 0 Å². The molecule has 0 aliphatic carbocycles. The molecule has 2 saturated heterocycles. The minimum absolute atomic E-state index is 0.0611. The molecule has 2 aliphatic rings. The molecule has 5 heteroatoms. The first-order chi connectivity index (χ1) is 18.1. The molecular formula is C32H38N2O3. The number of benzene rings is 3. The number of carbonyl (C=O) groups is 1. The quantitative estimate of drug-likeness (QED) is 0.411. The van der Waals surface area contributed by atoms with Gasteiger partial charge in [0.05, 0.1) is 14.2 Å². The van der Waals surface area contributed by atoms with E-state index in [1.807, 2.05) is 17.0 Å². The van der Waals surface area contributed by atoms with Gasteiger partial charge in [-0.25, -0.2) is 0 Å². The zero-order chi connectivity index (χ0) is 25.6. The van der Waals surface area contributed by atoms with Crippen LogP contribution in [0.5, 0.6) is 11.5 Å². The van der Waals surface area contributed by atoms with Crippen LogP contribution < -0.4 is 9.47 Å². The molecule has 0 aromatic heterocycles. The van der Waals surface area contributed by atoms with Crippen LogP contribution in [0.3, 0.4) is 0 Å². The number of ether oxygens (including phenoxy) is 2. The molecule has 5 rings (SSSR count). The highest BCUT2D eigenvalue weighted by Crippen LogP contribution is 2.36. The van der Waals surface area contributed by atoms with Crippen LogP contribution in [-0.4, -0.2) is 62.7 Å². The predicted octanol–water partition coefficient (Wildman–Crippen LogP) is 5.51. The van der Waals surface area contributed by atoms with Gasteiger partial charge in [0.15, 0.2) is 11.5 Å². The van der Waals surface area contributed by atoms with Gasteiger partial charge in [-0.15, -0.1) is 0 Å². The Hall–Kier alpha value is -3.31. The van der Waals surface area contributed by atoms with E-state index >= 15 is 0 Å². The Kier molecular flexibility index (Phi) is 8.10. The van der Waals surface area contributed by atoms with Gasteiger partial charge in [0, 0.05) is 31.1 Å². The number of hydrogen-bond acceptors (Lipinski definition) is 4. The van der Waals surface area contributed by atoms with Crippen LogP contribution in [0, 0.1) is 11.8 Å². The molecule has 0 N–H and O–H groups in total. The fraction of sp³-hybridized carbons (Fsp3) is 0.406. The van der Waals surface area contributed by atoms with Crippen molar-refractivity contribution in [2.24, 2.45) is 11.8 Å². The third-order valence-electron chi connectivity index (χ3n) is 8.15. The third kappa shape index (κ3) is 5.99. The van der Waals surface area contributed by atoms with Gasteiger partial charge in [-0.2, -0.15) is 0 Å². The summed E-state index contributed by atoms with van der Waals surface area (Å²) in [5.41, 5.74) is 3.42. The van der Waals surface area contributed by atoms with Crippen LogP contribution >= 0.6 is 0 Å². The fourth-order valence-corrected chi connectivity index (χ4v) is 6.10. The Morgan fingerprint density at radius 3 is 2.19 bits per heavy atom. The molecule has 0 bridgehead atoms. The van der Waals surface area contributed by atoms with E-state index in [9.17, 15) is 4.79 Å². The van der Waals surface area contributed by atoms with E-state index in [0.29, 0.717) is 28.9 Å². The van der Waals surface area contributed by atoms with Crippen LogP contribution in [-0.2, 0) is 6.42 Å². The van der Waals surface area contributed by atoms with E-state index in [1.165, 1.54) is 30.4 Å². The zero-order valence-electron chi connectivity index (χ0n) is 22.0. The summed E-state index contributed by atoms with van der Waals surface area (Å²) in [5, 5.41) is 0. The Morgan fingerprint density at radius 2 is 1.51 bits per heavy atom. The van der Waals surface area contributed by atoms with Crippen molar-refractivity contribution in [3.8, 4) is 11.5 Å². The molecule has 194 valence electrons. The van der Waals surface area contributed by atoms with Crippen molar-refractivity contribution < 1.29 is 14.3 Å². The van der Waals surface area contributed by atoms with Gasteiger partial charge in [-0.3, -0.25) is 4.79 Å². The van der Waals surface area contributed by atoms with E-state index in [2.05, 4.69) is 65.6 Å². The highest BCUT2D eigenvalue weighted by molar-refractivity contribution is 5.95. The van der Waals surface area contributed by atoms with E-state index in [0.717, 1.165) is 38.6 Å². The molecule has 1 amide bonds. The maximum atomic E-state index is 13.6. The Bertz CT molecular complexity index is 1160. The van der Waals surface area contributed by atoms with Gasteiger partial charge >= 0.3 is 0 Å². The lowest BCUT2D eigenvalue weighted by atomic mass is 9.86. The molecule has 5 nitrogen and oxygen atoms in total. The van der Waals surface area contributed by atoms with Crippen molar-refractivity contribution in [3.63, 3.8) is 0 Å². The minimum atomic E-state index is 0.0611. The van der Waals surface area contributed by atoms with E-state index in [1.54, 1.807) is 20.3 Å². The van der Waals surface area contributed by atoms with Crippen molar-refractivity contribution in [2.45, 2.75) is 25.2 Å². The summed E-state index contributed by atoms with van der Waals surface area (Å²) in [6.45, 7) is 4.83. The first-order valence-corrected chi connectivity index (χ1v) is 13.5. The SMILES string of the molecule is COc1ccc(C(=O)N2C[C@@H](CN3CCC(Cc4ccccc4)CC3)[C@@H](c3ccccc3)C2)cc1OC. The van der Waals surface area contributed by atoms with Crippen LogP contribution in [0.1, 0.15) is 40.2 Å². The Morgan fingerprint density at radius 1 is 0.838 bits per heavy atom. The van der Waals surface area contributed by atoms with Gasteiger partial charge in [-0.1, -0.05) is 60.7 Å². The second-order valence-electron chi connectivity index (χ2n) is 10.5. The third-order valence-corrected chi connectivity index (χ3v) is 8.15. The average molecular weight is 499 g/mol. The first kappa shape index (κ1) is 25.3. The van der Waals surface area contributed by atoms with E-state index in [4.69, 9.17) is 9.47 Å². The maximum absolute atomic E-state index is 13.6. The monoisotopic (exact) mass is 498 g/mol. The fourth-order valence-electron chi connectivity index (χ4n) is 6.10. The molecule has 0 saturated carbocycles. The average Bonchev–Trinajstić information content (AvgIpc) is 3.38. The number of nitrogens with zero attached hydrogens (tertiary/aromatic N) is 2. The standard InChI is InChI=1S/C32H38N2O3/c1-36-30-14-13-27(20-31(30)37-2)32(35)34-22-28(29(23-34)26-11-7-4-8-12-26)21-33-17-15-25(16-18-33)19-24-9-5-3-6-10-24/h3-14,20,25,28-29H,15-19,21-23H2,1-2H3/t28-,29-/m1/s1. The van der Waals surface area contributed by atoms with Gasteiger partial charge < -0.3 is 19.3 Å². The topological polar surface area (TPSA) is 42.0 Å². The Labute approximate surface area is 221 Å². The molecule has 0 radical (unpaired) electrons. The highest BCUT2D eigenvalue weighted by Gasteiger charge is 2.38. The predicted molar refractivity (Wildman–Crippen MR) is 147 cm³/mol. The lowest BCUT2D eigenvalue weighted by Crippen LogP contribution is -2.39. The number of carbonyl (C=O) groups excluding carboxylic acids is 1. The number of methoxy groups -OCH3 is 2. The molecule has 2 atom stereocenters. The van der Waals surface area contributed by atoms with Crippen molar-refractivity contribution in [2.75, 3.05) is 46.9 Å². The molecular weight excluding hydrogens is 460 g/mol. The van der Waals surface area contributed by atoms with Crippen molar-refractivity contribution in [1.82, 2.24) is 9.80 Å². The summed E-state index contributed by atoms with van der Waals surface area (Å²) in [6.07, 6.45) is 3.66. The van der Waals surface area contributed by atoms with Crippen molar-refractivity contribution >= 4 is 5.91 Å². The smallest absolute Gasteiger partial charge is 0.254 e. The minimum Gasteiger partial charge on any atom is -0.493 e. The summed E-state index contributed by atoms with van der Waals surface area (Å²) in [4.78, 5) is 18.2. The second-order valence-corrected chi connectivity index (χ2v) is 10.5. The Balaban J connectivity index is 1.26. The molecule has 3 aromatic carbocycles. The summed E-state index contributed by atoms with van der Waals surface area (Å²) in [6, 6.07) is 27.0. The van der Waals surface area contributed by atoms with Gasteiger partial charge in [0.2, 0.25) is 0 Å². The van der Waals surface area contributed by atoms with Gasteiger partial charge in [-0.05, 0) is 73.5 Å². The summed E-state index contributed by atoms with van der Waals surface area (Å²) < 4.78 is 10.8. The molecule has 3 aromatic rings. The molecule has 2 aliphatic heterocycles. The maximum Gasteiger partial charge on any atom is 0.254 e. The first-order valence-electron chi connectivity index (χ1n) is 13.5. The largest absolute Gasteiger partial charge is 0.493 e. The van der Waals surface area contributed by atoms with Gasteiger partial charge in [0.25, 0.3) is 5.91 Å². The lowest BCUT2D eigenvalue weighted by molar-refractivity contribution is 0.0780. The number of amides is 1. The lowest BCUT2D eigenvalue weighted by Gasteiger charge is -2.34. The molecule has 0 unspecified atom stereocenters. The number of likely N-dealkylation sites (tertiary alicyclic amines) is 2. The van der Waals surface area contributed by atoms with Crippen molar-refractivity contribution in [1.29, 1.82) is 0 Å². The molecule has 37 heavy (non-hydrogen) atoms. The summed E-state index contributed by atoms with van der Waals surface area (Å²) in [7, 11) is 3.21. The zero-order valence-corrected chi connectivity index (χ0v) is 22.0. The molecule has 2 heterocycles. The molecule has 0 spiro atoms. The van der Waals surface area contributed by atoms with Crippen LogP contribution in [0.15, 0.2) is 78.9 Å². The highest BCUT2D eigenvalue weighted by atomic mass is 16.5. The molecule has 2 fully saturated rings. The number of hydrogen-bond donors (Lipinski definition) is 0. The van der Waals surface area contributed by atoms with Crippen LogP contribution in [0.2, 0.25) is 0 Å².